The number of nitrogens with two attached hydrogens (primary N) is 1. The minimum Gasteiger partial charge on any atom is -0.384 e. The molecule has 0 aliphatic heterocycles. The van der Waals surface area contributed by atoms with Crippen molar-refractivity contribution < 1.29 is 0 Å². The van der Waals surface area contributed by atoms with Crippen LogP contribution >= 0.6 is 11.6 Å². The van der Waals surface area contributed by atoms with E-state index in [1.165, 1.54) is 0 Å². The van der Waals surface area contributed by atoms with E-state index in [-0.39, 0.29) is 0 Å². The lowest BCUT2D eigenvalue weighted by Crippen LogP contribution is -2.00. The van der Waals surface area contributed by atoms with Gasteiger partial charge in [-0.15, -0.1) is 0 Å². The quantitative estimate of drug-likeness (QED) is 0.897. The summed E-state index contributed by atoms with van der Waals surface area (Å²) in [7, 11) is 1.86. The molecular weight excluding hydrogens is 246 g/mol. The smallest absolute Gasteiger partial charge is 0.125 e. The third-order valence-electron chi connectivity index (χ3n) is 3.15. The van der Waals surface area contributed by atoms with Gasteiger partial charge in [-0.05, 0) is 18.4 Å². The SMILES string of the molecule is Cc1cccc(-c2nn(C)c(N)c2C(C)C)c1Cl. The lowest BCUT2D eigenvalue weighted by atomic mass is 9.98. The number of nitrogen functional groups attached to an aromatic ring is 1. The topological polar surface area (TPSA) is 43.8 Å². The first-order valence-electron chi connectivity index (χ1n) is 6.01. The van der Waals surface area contributed by atoms with Gasteiger partial charge in [0, 0.05) is 18.2 Å². The van der Waals surface area contributed by atoms with Crippen molar-refractivity contribution in [2.24, 2.45) is 7.05 Å². The molecule has 0 bridgehead atoms. The Morgan fingerprint density at radius 1 is 1.33 bits per heavy atom. The fourth-order valence-corrected chi connectivity index (χ4v) is 2.37. The molecule has 96 valence electrons. The maximum atomic E-state index is 6.38. The van der Waals surface area contributed by atoms with Crippen molar-refractivity contribution in [2.45, 2.75) is 26.7 Å². The van der Waals surface area contributed by atoms with Crippen molar-refractivity contribution in [3.63, 3.8) is 0 Å². The molecule has 18 heavy (non-hydrogen) atoms. The minimum atomic E-state index is 0.310. The molecule has 1 heterocycles. The molecule has 0 saturated carbocycles. The predicted molar refractivity (Wildman–Crippen MR) is 76.9 cm³/mol. The van der Waals surface area contributed by atoms with Crippen LogP contribution in [0.25, 0.3) is 11.3 Å². The van der Waals surface area contributed by atoms with E-state index in [2.05, 4.69) is 18.9 Å². The Bertz CT molecular complexity index is 585. The standard InChI is InChI=1S/C14H18ClN3/c1-8(2)11-13(17-18(4)14(11)16)10-7-5-6-9(3)12(10)15/h5-8H,16H2,1-4H3. The molecule has 2 aromatic rings. The summed E-state index contributed by atoms with van der Waals surface area (Å²) >= 11 is 6.38. The summed E-state index contributed by atoms with van der Waals surface area (Å²) in [5, 5.41) is 5.26. The molecule has 0 fully saturated rings. The molecule has 0 spiro atoms. The number of halogens is 1. The molecule has 1 aromatic carbocycles. The van der Waals surface area contributed by atoms with Gasteiger partial charge in [-0.1, -0.05) is 43.6 Å². The molecule has 0 aliphatic carbocycles. The molecule has 1 aromatic heterocycles. The Balaban J connectivity index is 2.71. The summed E-state index contributed by atoms with van der Waals surface area (Å²) in [5.74, 6) is 1.02. The van der Waals surface area contributed by atoms with E-state index < -0.39 is 0 Å². The number of benzene rings is 1. The van der Waals surface area contributed by atoms with Crippen molar-refractivity contribution in [3.05, 3.63) is 34.3 Å². The second-order valence-corrected chi connectivity index (χ2v) is 5.24. The predicted octanol–water partition coefficient (Wildman–Crippen LogP) is 3.75. The molecule has 0 aliphatic rings. The van der Waals surface area contributed by atoms with Crippen molar-refractivity contribution in [2.75, 3.05) is 5.73 Å². The largest absolute Gasteiger partial charge is 0.384 e. The van der Waals surface area contributed by atoms with Crippen LogP contribution in [0.3, 0.4) is 0 Å². The number of anilines is 1. The highest BCUT2D eigenvalue weighted by Gasteiger charge is 2.20. The van der Waals surface area contributed by atoms with Gasteiger partial charge in [0.25, 0.3) is 0 Å². The highest BCUT2D eigenvalue weighted by Crippen LogP contribution is 2.37. The van der Waals surface area contributed by atoms with E-state index in [0.717, 1.165) is 27.4 Å². The van der Waals surface area contributed by atoms with E-state index in [4.69, 9.17) is 17.3 Å². The van der Waals surface area contributed by atoms with Crippen LogP contribution < -0.4 is 5.73 Å². The maximum Gasteiger partial charge on any atom is 0.125 e. The van der Waals surface area contributed by atoms with Crippen LogP contribution in [0.15, 0.2) is 18.2 Å². The summed E-state index contributed by atoms with van der Waals surface area (Å²) in [5.41, 5.74) is 10.0. The molecule has 0 unspecified atom stereocenters. The van der Waals surface area contributed by atoms with Crippen LogP contribution in [-0.2, 0) is 7.05 Å². The Kier molecular flexibility index (Phi) is 3.35. The summed E-state index contributed by atoms with van der Waals surface area (Å²) in [6.07, 6.45) is 0. The van der Waals surface area contributed by atoms with Crippen molar-refractivity contribution >= 4 is 17.4 Å². The molecule has 0 radical (unpaired) electrons. The van der Waals surface area contributed by atoms with Gasteiger partial charge in [0.15, 0.2) is 0 Å². The van der Waals surface area contributed by atoms with E-state index in [0.29, 0.717) is 11.7 Å². The van der Waals surface area contributed by atoms with Crippen LogP contribution in [0.1, 0.15) is 30.9 Å². The Labute approximate surface area is 113 Å². The molecule has 4 heteroatoms. The zero-order valence-electron chi connectivity index (χ0n) is 11.2. The van der Waals surface area contributed by atoms with E-state index in [1.807, 2.05) is 32.2 Å². The Morgan fingerprint density at radius 3 is 2.61 bits per heavy atom. The van der Waals surface area contributed by atoms with Crippen LogP contribution in [-0.4, -0.2) is 9.78 Å². The second-order valence-electron chi connectivity index (χ2n) is 4.86. The van der Waals surface area contributed by atoms with Gasteiger partial charge in [0.05, 0.1) is 10.7 Å². The first kappa shape index (κ1) is 13.0. The summed E-state index contributed by atoms with van der Waals surface area (Å²) in [6, 6.07) is 5.97. The van der Waals surface area contributed by atoms with Crippen molar-refractivity contribution in [1.82, 2.24) is 9.78 Å². The molecule has 2 rings (SSSR count). The zero-order valence-corrected chi connectivity index (χ0v) is 11.9. The maximum absolute atomic E-state index is 6.38. The number of nitrogens with zero attached hydrogens (tertiary/aromatic N) is 2. The average molecular weight is 264 g/mol. The van der Waals surface area contributed by atoms with Crippen molar-refractivity contribution in [3.8, 4) is 11.3 Å². The third kappa shape index (κ3) is 1.99. The number of aromatic nitrogens is 2. The van der Waals surface area contributed by atoms with Crippen molar-refractivity contribution in [1.29, 1.82) is 0 Å². The van der Waals surface area contributed by atoms with Gasteiger partial charge in [-0.25, -0.2) is 0 Å². The summed E-state index contributed by atoms with van der Waals surface area (Å²) < 4.78 is 1.71. The van der Waals surface area contributed by atoms with Crippen LogP contribution in [0, 0.1) is 6.92 Å². The number of aryl methyl sites for hydroxylation is 2. The van der Waals surface area contributed by atoms with Gasteiger partial charge in [0.1, 0.15) is 5.82 Å². The average Bonchev–Trinajstić information content (AvgIpc) is 2.59. The minimum absolute atomic E-state index is 0.310. The molecule has 0 saturated heterocycles. The number of hydrogen-bond acceptors (Lipinski definition) is 2. The first-order chi connectivity index (χ1) is 8.43. The normalized spacial score (nSPS) is 11.2. The lowest BCUT2D eigenvalue weighted by Gasteiger charge is -2.09. The molecule has 2 N–H and O–H groups in total. The molecular formula is C14H18ClN3. The van der Waals surface area contributed by atoms with E-state index in [9.17, 15) is 0 Å². The van der Waals surface area contributed by atoms with Gasteiger partial charge in [-0.2, -0.15) is 5.10 Å². The molecule has 0 atom stereocenters. The molecule has 3 nitrogen and oxygen atoms in total. The summed E-state index contributed by atoms with van der Waals surface area (Å²) in [4.78, 5) is 0. The lowest BCUT2D eigenvalue weighted by molar-refractivity contribution is 0.780. The summed E-state index contributed by atoms with van der Waals surface area (Å²) in [6.45, 7) is 6.22. The highest BCUT2D eigenvalue weighted by molar-refractivity contribution is 6.34. The van der Waals surface area contributed by atoms with E-state index >= 15 is 0 Å². The fraction of sp³-hybridized carbons (Fsp3) is 0.357. The molecule has 0 amide bonds. The fourth-order valence-electron chi connectivity index (χ4n) is 2.15. The van der Waals surface area contributed by atoms with Crippen LogP contribution in [0.5, 0.6) is 0 Å². The highest BCUT2D eigenvalue weighted by atomic mass is 35.5. The van der Waals surface area contributed by atoms with Gasteiger partial charge < -0.3 is 5.73 Å². The first-order valence-corrected chi connectivity index (χ1v) is 6.39. The van der Waals surface area contributed by atoms with Crippen LogP contribution in [0.2, 0.25) is 5.02 Å². The Morgan fingerprint density at radius 2 is 2.00 bits per heavy atom. The zero-order chi connectivity index (χ0) is 13.4. The van der Waals surface area contributed by atoms with Crippen LogP contribution in [0.4, 0.5) is 5.82 Å². The van der Waals surface area contributed by atoms with Gasteiger partial charge in [0.2, 0.25) is 0 Å². The monoisotopic (exact) mass is 263 g/mol. The Hall–Kier alpha value is -1.48. The van der Waals surface area contributed by atoms with Gasteiger partial charge >= 0.3 is 0 Å². The number of rotatable bonds is 2. The third-order valence-corrected chi connectivity index (χ3v) is 3.66. The number of hydrogen-bond donors (Lipinski definition) is 1. The van der Waals surface area contributed by atoms with Gasteiger partial charge in [-0.3, -0.25) is 4.68 Å². The van der Waals surface area contributed by atoms with E-state index in [1.54, 1.807) is 4.68 Å². The second kappa shape index (κ2) is 4.65.